The number of phenols is 1. The van der Waals surface area contributed by atoms with Gasteiger partial charge in [-0.25, -0.2) is 14.6 Å². The van der Waals surface area contributed by atoms with Crippen LogP contribution in [0.3, 0.4) is 0 Å². The first-order valence-corrected chi connectivity index (χ1v) is 15.5. The molecule has 0 unspecified atom stereocenters. The molecule has 0 saturated carbocycles. The number of aromatic hydroxyl groups is 1. The molecule has 0 aliphatic carbocycles. The van der Waals surface area contributed by atoms with Crippen molar-refractivity contribution < 1.29 is 19.3 Å². The maximum atomic E-state index is 11.9. The number of rotatable bonds is 7. The van der Waals surface area contributed by atoms with Gasteiger partial charge in [0.25, 0.3) is 0 Å². The van der Waals surface area contributed by atoms with Crippen LogP contribution in [0.2, 0.25) is 0 Å². The smallest absolute Gasteiger partial charge is 0.173 e. The predicted molar refractivity (Wildman–Crippen MR) is 175 cm³/mol. The average Bonchev–Trinajstić information content (AvgIpc) is 3.75. The fourth-order valence-electron chi connectivity index (χ4n) is 4.68. The molecule has 0 saturated heterocycles. The van der Waals surface area contributed by atoms with Crippen LogP contribution in [0, 0.1) is 3.57 Å². The minimum Gasteiger partial charge on any atom is -0.504 e. The van der Waals surface area contributed by atoms with E-state index >= 15 is 0 Å². The third-order valence-electron chi connectivity index (χ3n) is 6.64. The summed E-state index contributed by atoms with van der Waals surface area (Å²) in [7, 11) is 3.20. The lowest BCUT2D eigenvalue weighted by molar-refractivity contribution is 0.389. The SMILES string of the molecule is COc1ccc(Oc2cc(OC)c(-n3cc(I)cn3)c(-c3nc4ccccc4s3)c2O)c(-c2nc3ccccc3s2)c1. The zero-order chi connectivity index (χ0) is 28.8. The first-order chi connectivity index (χ1) is 20.5. The third kappa shape index (κ3) is 4.72. The van der Waals surface area contributed by atoms with Gasteiger partial charge >= 0.3 is 0 Å². The van der Waals surface area contributed by atoms with E-state index in [1.165, 1.54) is 11.3 Å². The van der Waals surface area contributed by atoms with Crippen LogP contribution in [-0.2, 0) is 0 Å². The number of hydrogen-bond donors (Lipinski definition) is 1. The zero-order valence-electron chi connectivity index (χ0n) is 22.2. The highest BCUT2D eigenvalue weighted by Gasteiger charge is 2.27. The molecular formula is C31H21IN4O4S2. The number of ether oxygens (including phenoxy) is 3. The molecule has 0 spiro atoms. The van der Waals surface area contributed by atoms with Gasteiger partial charge < -0.3 is 19.3 Å². The summed E-state index contributed by atoms with van der Waals surface area (Å²) in [6.45, 7) is 0. The fourth-order valence-corrected chi connectivity index (χ4v) is 7.07. The maximum Gasteiger partial charge on any atom is 0.173 e. The predicted octanol–water partition coefficient (Wildman–Crippen LogP) is 8.55. The molecule has 0 aliphatic heterocycles. The Kier molecular flexibility index (Phi) is 6.92. The standard InChI is InChI=1S/C31H21IN4O4S2/c1-38-18-11-12-22(19(13-18)30-34-20-7-3-5-9-25(20)41-30)40-24-14-23(39-2)28(36-16-17(32)15-33-36)27(29(24)37)31-35-21-8-4-6-10-26(21)42-31/h3-16,37H,1-2H3. The number of benzene rings is 4. The van der Waals surface area contributed by atoms with Crippen molar-refractivity contribution in [3.05, 3.63) is 88.8 Å². The Morgan fingerprint density at radius 2 is 1.48 bits per heavy atom. The number of hydrogen-bond acceptors (Lipinski definition) is 9. The second kappa shape index (κ2) is 10.9. The molecule has 0 radical (unpaired) electrons. The summed E-state index contributed by atoms with van der Waals surface area (Å²) in [4.78, 5) is 9.69. The van der Waals surface area contributed by atoms with E-state index in [2.05, 4.69) is 27.7 Å². The molecule has 11 heteroatoms. The van der Waals surface area contributed by atoms with Crippen molar-refractivity contribution in [3.63, 3.8) is 0 Å². The Labute approximate surface area is 261 Å². The second-order valence-corrected chi connectivity index (χ2v) is 12.5. The summed E-state index contributed by atoms with van der Waals surface area (Å²) < 4.78 is 22.5. The van der Waals surface area contributed by atoms with Crippen molar-refractivity contribution in [3.8, 4) is 55.6 Å². The van der Waals surface area contributed by atoms with E-state index in [-0.39, 0.29) is 11.5 Å². The molecule has 0 amide bonds. The summed E-state index contributed by atoms with van der Waals surface area (Å²) in [6, 6.07) is 23.0. The molecule has 1 N–H and O–H groups in total. The van der Waals surface area contributed by atoms with Gasteiger partial charge in [0.05, 0.1) is 55.5 Å². The van der Waals surface area contributed by atoms with Gasteiger partial charge in [0, 0.05) is 12.3 Å². The van der Waals surface area contributed by atoms with Crippen LogP contribution in [0.25, 0.3) is 47.3 Å². The molecule has 0 aliphatic rings. The quantitative estimate of drug-likeness (QED) is 0.166. The Bertz CT molecular complexity index is 2040. The van der Waals surface area contributed by atoms with E-state index in [1.54, 1.807) is 42.5 Å². The molecule has 0 fully saturated rings. The Morgan fingerprint density at radius 1 is 0.786 bits per heavy atom. The molecular weight excluding hydrogens is 683 g/mol. The average molecular weight is 705 g/mol. The van der Waals surface area contributed by atoms with Crippen molar-refractivity contribution in [2.75, 3.05) is 14.2 Å². The van der Waals surface area contributed by atoms with Crippen LogP contribution in [0.1, 0.15) is 0 Å². The molecule has 0 bridgehead atoms. The molecule has 208 valence electrons. The van der Waals surface area contributed by atoms with E-state index in [0.717, 1.165) is 34.6 Å². The topological polar surface area (TPSA) is 91.5 Å². The van der Waals surface area contributed by atoms with E-state index in [9.17, 15) is 5.11 Å². The van der Waals surface area contributed by atoms with Gasteiger partial charge in [0.15, 0.2) is 11.5 Å². The van der Waals surface area contributed by atoms with E-state index in [1.807, 2.05) is 72.9 Å². The fraction of sp³-hybridized carbons (Fsp3) is 0.0645. The van der Waals surface area contributed by atoms with Gasteiger partial charge in [-0.2, -0.15) is 5.10 Å². The van der Waals surface area contributed by atoms with Gasteiger partial charge in [-0.15, -0.1) is 22.7 Å². The summed E-state index contributed by atoms with van der Waals surface area (Å²) in [5.41, 5.74) is 3.48. The molecule has 8 nitrogen and oxygen atoms in total. The van der Waals surface area contributed by atoms with Crippen molar-refractivity contribution in [1.29, 1.82) is 0 Å². The second-order valence-electron chi connectivity index (χ2n) is 9.19. The number of methoxy groups -OCH3 is 2. The van der Waals surface area contributed by atoms with Gasteiger partial charge in [-0.3, -0.25) is 0 Å². The van der Waals surface area contributed by atoms with Gasteiger partial charge in [0.1, 0.15) is 33.0 Å². The van der Waals surface area contributed by atoms with Crippen molar-refractivity contribution >= 4 is 65.7 Å². The number of phenolic OH excluding ortho intramolecular Hbond substituents is 1. The highest BCUT2D eigenvalue weighted by Crippen LogP contribution is 2.50. The molecule has 7 rings (SSSR count). The monoisotopic (exact) mass is 704 g/mol. The summed E-state index contributed by atoms with van der Waals surface area (Å²) in [5, 5.41) is 17.8. The van der Waals surface area contributed by atoms with Crippen LogP contribution < -0.4 is 14.2 Å². The van der Waals surface area contributed by atoms with Gasteiger partial charge in [-0.1, -0.05) is 24.3 Å². The molecule has 0 atom stereocenters. The first kappa shape index (κ1) is 26.7. The summed E-state index contributed by atoms with van der Waals surface area (Å²) in [6.07, 6.45) is 3.61. The Morgan fingerprint density at radius 3 is 2.12 bits per heavy atom. The van der Waals surface area contributed by atoms with E-state index < -0.39 is 0 Å². The normalized spacial score (nSPS) is 11.3. The number of thiazole rings is 2. The molecule has 3 aromatic heterocycles. The number of para-hydroxylation sites is 2. The van der Waals surface area contributed by atoms with E-state index in [4.69, 9.17) is 24.2 Å². The number of halogens is 1. The van der Waals surface area contributed by atoms with Crippen molar-refractivity contribution in [2.24, 2.45) is 0 Å². The zero-order valence-corrected chi connectivity index (χ0v) is 26.0. The molecule has 42 heavy (non-hydrogen) atoms. The van der Waals surface area contributed by atoms with Crippen LogP contribution in [0.4, 0.5) is 0 Å². The first-order valence-electron chi connectivity index (χ1n) is 12.7. The highest BCUT2D eigenvalue weighted by molar-refractivity contribution is 14.1. The third-order valence-corrected chi connectivity index (χ3v) is 9.32. The lowest BCUT2D eigenvalue weighted by Crippen LogP contribution is -2.03. The maximum absolute atomic E-state index is 11.9. The Balaban J connectivity index is 1.43. The highest BCUT2D eigenvalue weighted by atomic mass is 127. The van der Waals surface area contributed by atoms with Gasteiger partial charge in [-0.05, 0) is 65.1 Å². The molecule has 3 heterocycles. The number of aromatic nitrogens is 4. The van der Waals surface area contributed by atoms with Crippen LogP contribution in [0.15, 0.2) is 85.2 Å². The largest absolute Gasteiger partial charge is 0.504 e. The van der Waals surface area contributed by atoms with Crippen LogP contribution in [-0.4, -0.2) is 39.1 Å². The lowest BCUT2D eigenvalue weighted by atomic mass is 10.1. The molecule has 7 aromatic rings. The van der Waals surface area contributed by atoms with Gasteiger partial charge in [0.2, 0.25) is 0 Å². The minimum absolute atomic E-state index is 0.0820. The summed E-state index contributed by atoms with van der Waals surface area (Å²) >= 11 is 5.23. The summed E-state index contributed by atoms with van der Waals surface area (Å²) in [5.74, 6) is 1.76. The Hall–Kier alpha value is -4.20. The van der Waals surface area contributed by atoms with Crippen molar-refractivity contribution in [1.82, 2.24) is 19.7 Å². The van der Waals surface area contributed by atoms with Crippen LogP contribution >= 0.6 is 45.3 Å². The molecule has 4 aromatic carbocycles. The van der Waals surface area contributed by atoms with Crippen molar-refractivity contribution in [2.45, 2.75) is 0 Å². The van der Waals surface area contributed by atoms with Crippen LogP contribution in [0.5, 0.6) is 28.7 Å². The number of fused-ring (bicyclic) bond motifs is 2. The minimum atomic E-state index is -0.0820. The number of nitrogens with zero attached hydrogens (tertiary/aromatic N) is 4. The van der Waals surface area contributed by atoms with E-state index in [0.29, 0.717) is 33.5 Å². The lowest BCUT2D eigenvalue weighted by Gasteiger charge is -2.18.